The second-order valence-corrected chi connectivity index (χ2v) is 13.1. The van der Waals surface area contributed by atoms with Gasteiger partial charge in [-0.25, -0.2) is 9.67 Å². The zero-order valence-corrected chi connectivity index (χ0v) is 28.3. The molecule has 2 saturated heterocycles. The average molecular weight is 691 g/mol. The summed E-state index contributed by atoms with van der Waals surface area (Å²) in [6, 6.07) is 17.2. The monoisotopic (exact) mass is 690 g/mol. The molecule has 0 bridgehead atoms. The predicted molar refractivity (Wildman–Crippen MR) is 187 cm³/mol. The molecule has 1 atom stereocenters. The molecule has 264 valence electrons. The van der Waals surface area contributed by atoms with Crippen molar-refractivity contribution in [2.45, 2.75) is 57.0 Å². The summed E-state index contributed by atoms with van der Waals surface area (Å²) < 4.78 is 65.5. The fourth-order valence-corrected chi connectivity index (χ4v) is 6.63. The molecule has 8 nitrogen and oxygen atoms in total. The SMILES string of the molecule is CN(C)C(=O)C=CCN1CCC(Nc2ccc(/C(=C(/CC(F)(F)F)c3ccccc3)c3ccc4c(c3)c(F)nn4C3CCCCO3)cn2)CC1. The number of nitrogens with one attached hydrogen (secondary N) is 1. The molecular weight excluding hydrogens is 648 g/mol. The van der Waals surface area contributed by atoms with Crippen LogP contribution in [0.1, 0.15) is 61.4 Å². The van der Waals surface area contributed by atoms with E-state index in [1.165, 1.54) is 4.90 Å². The highest BCUT2D eigenvalue weighted by Gasteiger charge is 2.32. The van der Waals surface area contributed by atoms with Crippen molar-refractivity contribution in [3.05, 3.63) is 102 Å². The fourth-order valence-electron chi connectivity index (χ4n) is 6.63. The predicted octanol–water partition coefficient (Wildman–Crippen LogP) is 7.70. The number of likely N-dealkylation sites (N-methyl/N-ethyl adjacent to an activating group) is 1. The first-order valence-corrected chi connectivity index (χ1v) is 17.0. The van der Waals surface area contributed by atoms with E-state index in [0.29, 0.717) is 53.2 Å². The van der Waals surface area contributed by atoms with Gasteiger partial charge in [0.1, 0.15) is 5.82 Å². The summed E-state index contributed by atoms with van der Waals surface area (Å²) >= 11 is 0. The van der Waals surface area contributed by atoms with E-state index >= 15 is 4.39 Å². The van der Waals surface area contributed by atoms with E-state index in [0.717, 1.165) is 38.8 Å². The molecular formula is C38H42F4N6O2. The van der Waals surface area contributed by atoms with Gasteiger partial charge in [0, 0.05) is 64.2 Å². The first-order valence-electron chi connectivity index (χ1n) is 17.0. The minimum atomic E-state index is -4.50. The largest absolute Gasteiger partial charge is 0.393 e. The molecule has 2 aromatic carbocycles. The third-order valence-electron chi connectivity index (χ3n) is 9.24. The van der Waals surface area contributed by atoms with Crippen molar-refractivity contribution in [3.63, 3.8) is 0 Å². The summed E-state index contributed by atoms with van der Waals surface area (Å²) in [6.45, 7) is 2.96. The van der Waals surface area contributed by atoms with Gasteiger partial charge in [-0.2, -0.15) is 17.6 Å². The minimum absolute atomic E-state index is 0.0445. The molecule has 1 N–H and O–H groups in total. The van der Waals surface area contributed by atoms with Crippen molar-refractivity contribution >= 4 is 33.8 Å². The zero-order chi connectivity index (χ0) is 35.3. The Labute approximate surface area is 289 Å². The highest BCUT2D eigenvalue weighted by atomic mass is 19.4. The number of carbonyl (C=O) groups is 1. The Morgan fingerprint density at radius 2 is 1.76 bits per heavy atom. The number of benzene rings is 2. The van der Waals surface area contributed by atoms with Crippen LogP contribution in [0.3, 0.4) is 0 Å². The van der Waals surface area contributed by atoms with Gasteiger partial charge >= 0.3 is 6.18 Å². The van der Waals surface area contributed by atoms with E-state index in [1.807, 2.05) is 6.08 Å². The Morgan fingerprint density at radius 1 is 1.00 bits per heavy atom. The van der Waals surface area contributed by atoms with Gasteiger partial charge in [0.25, 0.3) is 0 Å². The number of hydrogen-bond acceptors (Lipinski definition) is 6. The van der Waals surface area contributed by atoms with E-state index in [2.05, 4.69) is 20.3 Å². The van der Waals surface area contributed by atoms with E-state index in [4.69, 9.17) is 4.74 Å². The molecule has 0 saturated carbocycles. The Kier molecular flexibility index (Phi) is 11.0. The number of nitrogens with zero attached hydrogens (tertiary/aromatic N) is 5. The number of halogens is 4. The number of amides is 1. The second kappa shape index (κ2) is 15.6. The lowest BCUT2D eigenvalue weighted by Gasteiger charge is -2.32. The molecule has 2 aliphatic rings. The number of hydrogen-bond donors (Lipinski definition) is 1. The summed E-state index contributed by atoms with van der Waals surface area (Å²) in [5, 5.41) is 7.83. The molecule has 0 aliphatic carbocycles. The normalized spacial score (nSPS) is 18.4. The lowest BCUT2D eigenvalue weighted by Crippen LogP contribution is -2.39. The van der Waals surface area contributed by atoms with E-state index < -0.39 is 24.8 Å². The average Bonchev–Trinajstić information content (AvgIpc) is 3.45. The van der Waals surface area contributed by atoms with Crippen LogP contribution in [0.5, 0.6) is 0 Å². The van der Waals surface area contributed by atoms with Crippen molar-refractivity contribution in [2.24, 2.45) is 0 Å². The number of rotatable bonds is 10. The number of piperidine rings is 1. The van der Waals surface area contributed by atoms with Crippen LogP contribution in [0, 0.1) is 5.95 Å². The number of fused-ring (bicyclic) bond motifs is 1. The Bertz CT molecular complexity index is 1820. The molecule has 0 spiro atoms. The number of pyridine rings is 1. The maximum atomic E-state index is 15.4. The molecule has 12 heteroatoms. The van der Waals surface area contributed by atoms with Crippen LogP contribution in [0.2, 0.25) is 0 Å². The highest BCUT2D eigenvalue weighted by Crippen LogP contribution is 2.40. The molecule has 2 fully saturated rings. The number of alkyl halides is 3. The van der Waals surface area contributed by atoms with Crippen molar-refractivity contribution in [1.29, 1.82) is 0 Å². The van der Waals surface area contributed by atoms with Crippen LogP contribution in [0.4, 0.5) is 23.4 Å². The quantitative estimate of drug-likeness (QED) is 0.105. The molecule has 2 aliphatic heterocycles. The maximum absolute atomic E-state index is 15.4. The minimum Gasteiger partial charge on any atom is -0.367 e. The Hall–Kier alpha value is -4.55. The van der Waals surface area contributed by atoms with E-state index in [1.54, 1.807) is 91.7 Å². The maximum Gasteiger partial charge on any atom is 0.393 e. The third-order valence-corrected chi connectivity index (χ3v) is 9.24. The number of allylic oxidation sites excluding steroid dienone is 1. The van der Waals surface area contributed by atoms with Gasteiger partial charge in [0.2, 0.25) is 11.9 Å². The van der Waals surface area contributed by atoms with Crippen molar-refractivity contribution < 1.29 is 27.1 Å². The van der Waals surface area contributed by atoms with Gasteiger partial charge in [-0.05, 0) is 78.6 Å². The standard InChI is InChI=1S/C38H42F4N6O2/c1-46(2)34(49)11-8-19-47-20-17-29(18-21-47)44-33-16-14-28(25-43-33)36(31(24-38(40,41)42)26-9-4-3-5-10-26)27-13-15-32-30(23-27)37(39)45-48(32)35-12-6-7-22-50-35/h3-5,8-11,13-16,23,25,29,35H,6-7,12,17-22,24H2,1-2H3,(H,43,44)/b11-8?,36-31-. The third kappa shape index (κ3) is 8.59. The number of likely N-dealkylation sites (tertiary alicyclic amines) is 1. The van der Waals surface area contributed by atoms with Crippen LogP contribution in [0.15, 0.2) is 79.0 Å². The van der Waals surface area contributed by atoms with E-state index in [-0.39, 0.29) is 22.9 Å². The Balaban J connectivity index is 1.29. The first kappa shape index (κ1) is 35.3. The number of anilines is 1. The number of aromatic nitrogens is 3. The summed E-state index contributed by atoms with van der Waals surface area (Å²) in [6.07, 6.45) is 3.29. The van der Waals surface area contributed by atoms with Gasteiger partial charge in [0.15, 0.2) is 6.23 Å². The fraction of sp³-hybridized carbons (Fsp3) is 0.395. The lowest BCUT2D eigenvalue weighted by atomic mass is 9.88. The molecule has 4 heterocycles. The van der Waals surface area contributed by atoms with Crippen LogP contribution >= 0.6 is 0 Å². The number of carbonyl (C=O) groups excluding carboxylic acids is 1. The van der Waals surface area contributed by atoms with Crippen molar-refractivity contribution in [2.75, 3.05) is 45.7 Å². The van der Waals surface area contributed by atoms with Gasteiger partial charge < -0.3 is 15.0 Å². The topological polar surface area (TPSA) is 75.5 Å². The summed E-state index contributed by atoms with van der Waals surface area (Å²) in [4.78, 5) is 20.3. The van der Waals surface area contributed by atoms with Crippen LogP contribution < -0.4 is 5.32 Å². The van der Waals surface area contributed by atoms with Crippen LogP contribution in [-0.2, 0) is 9.53 Å². The number of ether oxygens (including phenoxy) is 1. The molecule has 1 amide bonds. The summed E-state index contributed by atoms with van der Waals surface area (Å²) in [7, 11) is 3.44. The lowest BCUT2D eigenvalue weighted by molar-refractivity contribution is -0.124. The van der Waals surface area contributed by atoms with Gasteiger partial charge in [-0.15, -0.1) is 5.10 Å². The van der Waals surface area contributed by atoms with Crippen molar-refractivity contribution in [1.82, 2.24) is 24.6 Å². The van der Waals surface area contributed by atoms with Crippen molar-refractivity contribution in [3.8, 4) is 0 Å². The van der Waals surface area contributed by atoms with Gasteiger partial charge in [0.05, 0.1) is 17.3 Å². The first-order chi connectivity index (χ1) is 24.1. The smallest absolute Gasteiger partial charge is 0.367 e. The molecule has 1 unspecified atom stereocenters. The summed E-state index contributed by atoms with van der Waals surface area (Å²) in [5.41, 5.74) is 2.25. The molecule has 2 aromatic heterocycles. The molecule has 6 rings (SSSR count). The van der Waals surface area contributed by atoms with E-state index in [9.17, 15) is 18.0 Å². The highest BCUT2D eigenvalue weighted by molar-refractivity contribution is 6.00. The van der Waals surface area contributed by atoms with Crippen LogP contribution in [0.25, 0.3) is 22.0 Å². The zero-order valence-electron chi connectivity index (χ0n) is 28.3. The molecule has 4 aromatic rings. The van der Waals surface area contributed by atoms with Crippen LogP contribution in [-0.4, -0.2) is 83.0 Å². The molecule has 50 heavy (non-hydrogen) atoms. The second-order valence-electron chi connectivity index (χ2n) is 13.1. The Morgan fingerprint density at radius 3 is 2.42 bits per heavy atom. The van der Waals surface area contributed by atoms with Gasteiger partial charge in [-0.3, -0.25) is 9.69 Å². The molecule has 0 radical (unpaired) electrons. The summed E-state index contributed by atoms with van der Waals surface area (Å²) in [5.74, 6) is -0.124. The van der Waals surface area contributed by atoms with Gasteiger partial charge in [-0.1, -0.05) is 42.5 Å².